The van der Waals surface area contributed by atoms with Gasteiger partial charge in [0.1, 0.15) is 0 Å². The van der Waals surface area contributed by atoms with Crippen LogP contribution in [0.3, 0.4) is 0 Å². The molecule has 0 amide bonds. The molecule has 1 rings (SSSR count). The van der Waals surface area contributed by atoms with Crippen LogP contribution in [0.2, 0.25) is 0 Å². The molecular weight excluding hydrogens is 154 g/mol. The summed E-state index contributed by atoms with van der Waals surface area (Å²) in [5.41, 5.74) is 1.28. The SMILES string of the molecule is CC(CC1=CCNCC1)C(=O)O. The molecular formula is C9H15NO2. The third-order valence-electron chi connectivity index (χ3n) is 2.15. The van der Waals surface area contributed by atoms with Crippen LogP contribution >= 0.6 is 0 Å². The fourth-order valence-corrected chi connectivity index (χ4v) is 1.34. The van der Waals surface area contributed by atoms with Crippen LogP contribution in [0, 0.1) is 5.92 Å². The summed E-state index contributed by atoms with van der Waals surface area (Å²) in [6.07, 6.45) is 3.80. The molecule has 0 fully saturated rings. The van der Waals surface area contributed by atoms with Gasteiger partial charge < -0.3 is 10.4 Å². The average Bonchev–Trinajstić information content (AvgIpc) is 2.06. The number of aliphatic carboxylic acids is 1. The first-order valence-corrected chi connectivity index (χ1v) is 4.31. The molecule has 1 heterocycles. The summed E-state index contributed by atoms with van der Waals surface area (Å²) in [5, 5.41) is 11.9. The van der Waals surface area contributed by atoms with E-state index in [1.165, 1.54) is 5.57 Å². The number of carboxylic acid groups (broad SMARTS) is 1. The number of hydrogen-bond acceptors (Lipinski definition) is 2. The molecule has 0 aromatic heterocycles. The van der Waals surface area contributed by atoms with Gasteiger partial charge in [-0.3, -0.25) is 4.79 Å². The van der Waals surface area contributed by atoms with Crippen molar-refractivity contribution in [1.29, 1.82) is 0 Å². The van der Waals surface area contributed by atoms with Crippen LogP contribution in [-0.2, 0) is 4.79 Å². The highest BCUT2D eigenvalue weighted by Gasteiger charge is 2.13. The second-order valence-electron chi connectivity index (χ2n) is 3.26. The van der Waals surface area contributed by atoms with E-state index in [4.69, 9.17) is 5.11 Å². The van der Waals surface area contributed by atoms with E-state index in [0.29, 0.717) is 6.42 Å². The van der Waals surface area contributed by atoms with Crippen molar-refractivity contribution in [3.63, 3.8) is 0 Å². The third kappa shape index (κ3) is 2.66. The molecule has 0 bridgehead atoms. The summed E-state index contributed by atoms with van der Waals surface area (Å²) in [5.74, 6) is -0.941. The summed E-state index contributed by atoms with van der Waals surface area (Å²) >= 11 is 0. The maximum atomic E-state index is 10.5. The van der Waals surface area contributed by atoms with Crippen molar-refractivity contribution in [2.75, 3.05) is 13.1 Å². The topological polar surface area (TPSA) is 49.3 Å². The van der Waals surface area contributed by atoms with E-state index in [9.17, 15) is 4.79 Å². The standard InChI is InChI=1S/C9H15NO2/c1-7(9(11)12)6-8-2-4-10-5-3-8/h2,7,10H,3-6H2,1H3,(H,11,12). The molecule has 0 spiro atoms. The van der Waals surface area contributed by atoms with E-state index < -0.39 is 5.97 Å². The van der Waals surface area contributed by atoms with Crippen molar-refractivity contribution in [3.05, 3.63) is 11.6 Å². The normalized spacial score (nSPS) is 19.9. The molecule has 68 valence electrons. The summed E-state index contributed by atoms with van der Waals surface area (Å²) in [7, 11) is 0. The third-order valence-corrected chi connectivity index (χ3v) is 2.15. The van der Waals surface area contributed by atoms with Gasteiger partial charge in [0.25, 0.3) is 0 Å². The Kier molecular flexibility index (Phi) is 3.29. The van der Waals surface area contributed by atoms with Crippen LogP contribution in [0.4, 0.5) is 0 Å². The first-order chi connectivity index (χ1) is 5.70. The molecule has 0 saturated heterocycles. The molecule has 1 aliphatic heterocycles. The molecule has 0 saturated carbocycles. The van der Waals surface area contributed by atoms with Crippen LogP contribution in [0.15, 0.2) is 11.6 Å². The molecule has 2 N–H and O–H groups in total. The molecule has 3 nitrogen and oxygen atoms in total. The summed E-state index contributed by atoms with van der Waals surface area (Å²) in [4.78, 5) is 10.5. The van der Waals surface area contributed by atoms with Crippen molar-refractivity contribution in [1.82, 2.24) is 5.32 Å². The van der Waals surface area contributed by atoms with Gasteiger partial charge in [-0.05, 0) is 19.4 Å². The lowest BCUT2D eigenvalue weighted by Gasteiger charge is -2.15. The van der Waals surface area contributed by atoms with Gasteiger partial charge in [0.05, 0.1) is 5.92 Å². The Bertz CT molecular complexity index is 199. The number of nitrogens with one attached hydrogen (secondary N) is 1. The highest BCUT2D eigenvalue weighted by atomic mass is 16.4. The lowest BCUT2D eigenvalue weighted by molar-refractivity contribution is -0.141. The second kappa shape index (κ2) is 4.26. The quantitative estimate of drug-likeness (QED) is 0.620. The molecule has 0 aromatic rings. The molecule has 12 heavy (non-hydrogen) atoms. The zero-order valence-corrected chi connectivity index (χ0v) is 7.34. The van der Waals surface area contributed by atoms with Crippen molar-refractivity contribution in [3.8, 4) is 0 Å². The van der Waals surface area contributed by atoms with Crippen LogP contribution in [0.5, 0.6) is 0 Å². The van der Waals surface area contributed by atoms with Gasteiger partial charge in [-0.15, -0.1) is 0 Å². The molecule has 0 radical (unpaired) electrons. The lowest BCUT2D eigenvalue weighted by atomic mass is 9.97. The largest absolute Gasteiger partial charge is 0.481 e. The number of rotatable bonds is 3. The van der Waals surface area contributed by atoms with Crippen molar-refractivity contribution in [2.45, 2.75) is 19.8 Å². The first kappa shape index (κ1) is 9.26. The molecule has 3 heteroatoms. The molecule has 1 atom stereocenters. The zero-order valence-electron chi connectivity index (χ0n) is 7.34. The van der Waals surface area contributed by atoms with E-state index in [1.807, 2.05) is 0 Å². The van der Waals surface area contributed by atoms with Crippen LogP contribution < -0.4 is 5.32 Å². The van der Waals surface area contributed by atoms with Gasteiger partial charge in [0, 0.05) is 6.54 Å². The van der Waals surface area contributed by atoms with Crippen LogP contribution in [0.1, 0.15) is 19.8 Å². The van der Waals surface area contributed by atoms with Crippen LogP contribution in [-0.4, -0.2) is 24.2 Å². The zero-order chi connectivity index (χ0) is 8.97. The smallest absolute Gasteiger partial charge is 0.306 e. The lowest BCUT2D eigenvalue weighted by Crippen LogP contribution is -2.22. The summed E-state index contributed by atoms with van der Waals surface area (Å²) < 4.78 is 0. The Morgan fingerprint density at radius 2 is 2.58 bits per heavy atom. The highest BCUT2D eigenvalue weighted by molar-refractivity contribution is 5.69. The van der Waals surface area contributed by atoms with E-state index in [1.54, 1.807) is 6.92 Å². The van der Waals surface area contributed by atoms with Crippen molar-refractivity contribution < 1.29 is 9.90 Å². The number of carboxylic acids is 1. The number of hydrogen-bond donors (Lipinski definition) is 2. The minimum Gasteiger partial charge on any atom is -0.481 e. The Hall–Kier alpha value is -0.830. The summed E-state index contributed by atoms with van der Waals surface area (Å²) in [6, 6.07) is 0. The van der Waals surface area contributed by atoms with E-state index >= 15 is 0 Å². The Morgan fingerprint density at radius 3 is 3.08 bits per heavy atom. The molecule has 1 unspecified atom stereocenters. The van der Waals surface area contributed by atoms with Gasteiger partial charge in [0.2, 0.25) is 0 Å². The Morgan fingerprint density at radius 1 is 1.83 bits per heavy atom. The van der Waals surface area contributed by atoms with Crippen LogP contribution in [0.25, 0.3) is 0 Å². The summed E-state index contributed by atoms with van der Waals surface area (Å²) in [6.45, 7) is 3.63. The first-order valence-electron chi connectivity index (χ1n) is 4.31. The van der Waals surface area contributed by atoms with Crippen molar-refractivity contribution >= 4 is 5.97 Å². The van der Waals surface area contributed by atoms with E-state index in [-0.39, 0.29) is 5.92 Å². The fraction of sp³-hybridized carbons (Fsp3) is 0.667. The minimum absolute atomic E-state index is 0.241. The number of carbonyl (C=O) groups is 1. The van der Waals surface area contributed by atoms with Gasteiger partial charge in [0.15, 0.2) is 0 Å². The monoisotopic (exact) mass is 169 g/mol. The molecule has 0 aromatic carbocycles. The van der Waals surface area contributed by atoms with Gasteiger partial charge >= 0.3 is 5.97 Å². The highest BCUT2D eigenvalue weighted by Crippen LogP contribution is 2.15. The molecule has 0 aliphatic carbocycles. The average molecular weight is 169 g/mol. The Labute approximate surface area is 72.5 Å². The maximum absolute atomic E-state index is 10.5. The second-order valence-corrected chi connectivity index (χ2v) is 3.26. The van der Waals surface area contributed by atoms with Gasteiger partial charge in [-0.2, -0.15) is 0 Å². The predicted octanol–water partition coefficient (Wildman–Crippen LogP) is 1.02. The Balaban J connectivity index is 2.39. The predicted molar refractivity (Wildman–Crippen MR) is 47.0 cm³/mol. The minimum atomic E-state index is -0.700. The fourth-order valence-electron chi connectivity index (χ4n) is 1.34. The van der Waals surface area contributed by atoms with Gasteiger partial charge in [-0.1, -0.05) is 18.6 Å². The maximum Gasteiger partial charge on any atom is 0.306 e. The van der Waals surface area contributed by atoms with E-state index in [0.717, 1.165) is 19.5 Å². The molecule has 1 aliphatic rings. The van der Waals surface area contributed by atoms with E-state index in [2.05, 4.69) is 11.4 Å². The van der Waals surface area contributed by atoms with Gasteiger partial charge in [-0.25, -0.2) is 0 Å². The van der Waals surface area contributed by atoms with Crippen molar-refractivity contribution in [2.24, 2.45) is 5.92 Å².